The van der Waals surface area contributed by atoms with Crippen LogP contribution in [0.3, 0.4) is 0 Å². The molecule has 0 aromatic carbocycles. The summed E-state index contributed by atoms with van der Waals surface area (Å²) in [5.74, 6) is -1.12. The summed E-state index contributed by atoms with van der Waals surface area (Å²) in [4.78, 5) is 51.4. The third-order valence-corrected chi connectivity index (χ3v) is 7.42. The third-order valence-electron chi connectivity index (χ3n) is 6.75. The summed E-state index contributed by atoms with van der Waals surface area (Å²) in [6.45, 7) is 12.8. The Labute approximate surface area is 244 Å². The molecule has 0 aromatic heterocycles. The van der Waals surface area contributed by atoms with Crippen LogP contribution < -0.4 is 21.3 Å². The highest BCUT2D eigenvalue weighted by atomic mass is 32.2. The second kappa shape index (κ2) is 19.1. The quantitative estimate of drug-likeness (QED) is 0.163. The fraction of sp³-hybridized carbons (Fsp3) is 0.857. The normalized spacial score (nSPS) is 18.9. The van der Waals surface area contributed by atoms with Crippen LogP contribution in [0.4, 0.5) is 4.79 Å². The molecule has 1 fully saturated rings. The van der Waals surface area contributed by atoms with Crippen molar-refractivity contribution in [3.8, 4) is 0 Å². The predicted molar refractivity (Wildman–Crippen MR) is 157 cm³/mol. The molecule has 1 rings (SSSR count). The van der Waals surface area contributed by atoms with Gasteiger partial charge in [0.1, 0.15) is 18.2 Å². The first-order chi connectivity index (χ1) is 18.9. The minimum Gasteiger partial charge on any atom is -0.444 e. The fourth-order valence-corrected chi connectivity index (χ4v) is 5.20. The van der Waals surface area contributed by atoms with Gasteiger partial charge in [0, 0.05) is 24.6 Å². The SMILES string of the molecule is CCC[C@H](C[C@H](O)[C@H](CC(C)C)NC(=O)[C@H](CSC)NC(=O)O[C@H]1CCOC1)C(=O)N[C@H](C(=O)NCC)C(C)C. The first kappa shape index (κ1) is 36.0. The van der Waals surface area contributed by atoms with Crippen LogP contribution in [0.1, 0.15) is 73.6 Å². The van der Waals surface area contributed by atoms with E-state index in [4.69, 9.17) is 9.47 Å². The summed E-state index contributed by atoms with van der Waals surface area (Å²) in [7, 11) is 0. The number of likely N-dealkylation sites (N-methyl/N-ethyl adjacent to an activating group) is 1. The monoisotopic (exact) mass is 588 g/mol. The van der Waals surface area contributed by atoms with Crippen molar-refractivity contribution in [3.05, 3.63) is 0 Å². The number of carbonyl (C=O) groups is 4. The highest BCUT2D eigenvalue weighted by molar-refractivity contribution is 7.98. The van der Waals surface area contributed by atoms with E-state index < -0.39 is 42.1 Å². The van der Waals surface area contributed by atoms with Crippen LogP contribution in [0.15, 0.2) is 0 Å². The molecule has 11 nitrogen and oxygen atoms in total. The molecule has 0 spiro atoms. The Bertz CT molecular complexity index is 793. The van der Waals surface area contributed by atoms with Gasteiger partial charge < -0.3 is 35.8 Å². The Hall–Kier alpha value is -2.05. The van der Waals surface area contributed by atoms with Gasteiger partial charge in [0.25, 0.3) is 0 Å². The maximum absolute atomic E-state index is 13.3. The predicted octanol–water partition coefficient (Wildman–Crippen LogP) is 2.21. The lowest BCUT2D eigenvalue weighted by Gasteiger charge is -2.31. The van der Waals surface area contributed by atoms with E-state index in [2.05, 4.69) is 21.3 Å². The van der Waals surface area contributed by atoms with Crippen molar-refractivity contribution in [2.45, 2.75) is 104 Å². The second-order valence-corrected chi connectivity index (χ2v) is 12.1. The highest BCUT2D eigenvalue weighted by Gasteiger charge is 2.33. The molecular formula is C28H52N4O7S. The number of amides is 4. The molecule has 0 radical (unpaired) electrons. The molecule has 6 atom stereocenters. The molecule has 1 heterocycles. The maximum atomic E-state index is 13.3. The van der Waals surface area contributed by atoms with Gasteiger partial charge in [0.05, 0.1) is 25.4 Å². The Morgan fingerprint density at radius 1 is 1.00 bits per heavy atom. The minimum absolute atomic E-state index is 0.107. The molecule has 0 aliphatic carbocycles. The van der Waals surface area contributed by atoms with Crippen molar-refractivity contribution in [3.63, 3.8) is 0 Å². The van der Waals surface area contributed by atoms with Crippen molar-refractivity contribution in [2.75, 3.05) is 31.8 Å². The summed E-state index contributed by atoms with van der Waals surface area (Å²) in [5.41, 5.74) is 0. The molecule has 1 aliphatic rings. The van der Waals surface area contributed by atoms with Crippen LogP contribution in [-0.4, -0.2) is 91.0 Å². The van der Waals surface area contributed by atoms with Crippen LogP contribution >= 0.6 is 11.8 Å². The van der Waals surface area contributed by atoms with Gasteiger partial charge in [-0.3, -0.25) is 14.4 Å². The number of ether oxygens (including phenoxy) is 2. The van der Waals surface area contributed by atoms with Crippen LogP contribution in [0.5, 0.6) is 0 Å². The number of aliphatic hydroxyl groups is 1. The molecule has 5 N–H and O–H groups in total. The highest BCUT2D eigenvalue weighted by Crippen LogP contribution is 2.20. The van der Waals surface area contributed by atoms with E-state index >= 15 is 0 Å². The van der Waals surface area contributed by atoms with Gasteiger partial charge in [-0.05, 0) is 44.3 Å². The average molecular weight is 589 g/mol. The molecular weight excluding hydrogens is 536 g/mol. The third kappa shape index (κ3) is 13.1. The van der Waals surface area contributed by atoms with E-state index in [0.29, 0.717) is 51.2 Å². The van der Waals surface area contributed by atoms with Crippen molar-refractivity contribution in [2.24, 2.45) is 17.8 Å². The topological polar surface area (TPSA) is 155 Å². The van der Waals surface area contributed by atoms with Crippen molar-refractivity contribution in [1.29, 1.82) is 0 Å². The molecule has 0 aromatic rings. The molecule has 0 saturated carbocycles. The Morgan fingerprint density at radius 3 is 2.23 bits per heavy atom. The van der Waals surface area contributed by atoms with Crippen molar-refractivity contribution >= 4 is 35.6 Å². The van der Waals surface area contributed by atoms with E-state index in [-0.39, 0.29) is 36.2 Å². The number of carbonyl (C=O) groups excluding carboxylic acids is 4. The summed E-state index contributed by atoms with van der Waals surface area (Å²) in [6, 6.07) is -2.16. The zero-order valence-corrected chi connectivity index (χ0v) is 26.1. The molecule has 12 heteroatoms. The van der Waals surface area contributed by atoms with E-state index in [1.54, 1.807) is 0 Å². The fourth-order valence-electron chi connectivity index (χ4n) is 4.64. The van der Waals surface area contributed by atoms with Gasteiger partial charge >= 0.3 is 6.09 Å². The zero-order chi connectivity index (χ0) is 30.2. The largest absolute Gasteiger partial charge is 0.444 e. The van der Waals surface area contributed by atoms with Crippen LogP contribution in [0.25, 0.3) is 0 Å². The molecule has 1 aliphatic heterocycles. The summed E-state index contributed by atoms with van der Waals surface area (Å²) in [5, 5.41) is 22.5. The van der Waals surface area contributed by atoms with Crippen LogP contribution in [0.2, 0.25) is 0 Å². The molecule has 0 bridgehead atoms. The van der Waals surface area contributed by atoms with E-state index in [9.17, 15) is 24.3 Å². The average Bonchev–Trinajstić information content (AvgIpc) is 3.38. The summed E-state index contributed by atoms with van der Waals surface area (Å²) < 4.78 is 10.6. The summed E-state index contributed by atoms with van der Waals surface area (Å²) in [6.07, 6.45) is 2.27. The van der Waals surface area contributed by atoms with Gasteiger partial charge in [0.2, 0.25) is 17.7 Å². The molecule has 0 unspecified atom stereocenters. The van der Waals surface area contributed by atoms with E-state index in [0.717, 1.165) is 0 Å². The second-order valence-electron chi connectivity index (χ2n) is 11.2. The number of hydrogen-bond acceptors (Lipinski definition) is 8. The van der Waals surface area contributed by atoms with Gasteiger partial charge in [0.15, 0.2) is 0 Å². The molecule has 40 heavy (non-hydrogen) atoms. The Balaban J connectivity index is 2.94. The lowest BCUT2D eigenvalue weighted by molar-refractivity contribution is -0.133. The van der Waals surface area contributed by atoms with Gasteiger partial charge in [-0.15, -0.1) is 0 Å². The molecule has 232 valence electrons. The van der Waals surface area contributed by atoms with Crippen LogP contribution in [-0.2, 0) is 23.9 Å². The lowest BCUT2D eigenvalue weighted by Crippen LogP contribution is -2.55. The van der Waals surface area contributed by atoms with Crippen molar-refractivity contribution < 1.29 is 33.8 Å². The van der Waals surface area contributed by atoms with E-state index in [1.165, 1.54) is 11.8 Å². The standard InChI is InChI=1S/C28H52N4O7S/c1-8-10-19(25(34)32-24(18(5)6)27(36)29-9-2)14-23(33)21(13-17(3)4)30-26(35)22(16-40-7)31-28(37)39-20-11-12-38-15-20/h17-24,33H,8-16H2,1-7H3,(H,29,36)(H,30,35)(H,31,37)(H,32,34)/t19-,20+,21+,22+,23+,24+/m1/s1. The van der Waals surface area contributed by atoms with Crippen LogP contribution in [0, 0.1) is 17.8 Å². The number of aliphatic hydroxyl groups excluding tert-OH is 1. The Kier molecular flexibility index (Phi) is 17.2. The van der Waals surface area contributed by atoms with Gasteiger partial charge in [-0.1, -0.05) is 41.0 Å². The number of thioether (sulfide) groups is 1. The van der Waals surface area contributed by atoms with E-state index in [1.807, 2.05) is 47.8 Å². The van der Waals surface area contributed by atoms with Gasteiger partial charge in [-0.25, -0.2) is 4.79 Å². The first-order valence-corrected chi connectivity index (χ1v) is 15.9. The van der Waals surface area contributed by atoms with Gasteiger partial charge in [-0.2, -0.15) is 11.8 Å². The first-order valence-electron chi connectivity index (χ1n) is 14.5. The summed E-state index contributed by atoms with van der Waals surface area (Å²) >= 11 is 1.40. The number of rotatable bonds is 18. The molecule has 4 amide bonds. The number of hydrogen-bond donors (Lipinski definition) is 5. The minimum atomic E-state index is -1.01. The van der Waals surface area contributed by atoms with Crippen molar-refractivity contribution in [1.82, 2.24) is 21.3 Å². The number of nitrogens with one attached hydrogen (secondary N) is 4. The smallest absolute Gasteiger partial charge is 0.408 e. The number of alkyl carbamates (subject to hydrolysis) is 1. The maximum Gasteiger partial charge on any atom is 0.408 e. The Morgan fingerprint density at radius 2 is 1.70 bits per heavy atom. The zero-order valence-electron chi connectivity index (χ0n) is 25.3. The molecule has 1 saturated heterocycles. The lowest BCUT2D eigenvalue weighted by atomic mass is 9.88.